The molecule has 0 bridgehead atoms. The summed E-state index contributed by atoms with van der Waals surface area (Å²) < 4.78 is 24.1. The van der Waals surface area contributed by atoms with Crippen LogP contribution in [0.25, 0.3) is 0 Å². The van der Waals surface area contributed by atoms with E-state index in [0.29, 0.717) is 5.69 Å². The SMILES string of the molecule is CCc1c(C)[nH]c(C(=O)NNS(=O)(=O)c2ccccc2)c1C. The summed E-state index contributed by atoms with van der Waals surface area (Å²) >= 11 is 0. The van der Waals surface area contributed by atoms with Gasteiger partial charge in [0.15, 0.2) is 0 Å². The van der Waals surface area contributed by atoms with Gasteiger partial charge in [0.25, 0.3) is 15.9 Å². The highest BCUT2D eigenvalue weighted by atomic mass is 32.2. The molecule has 0 aliphatic rings. The van der Waals surface area contributed by atoms with Crippen LogP contribution in [0.2, 0.25) is 0 Å². The van der Waals surface area contributed by atoms with Crippen molar-refractivity contribution in [2.24, 2.45) is 0 Å². The number of benzene rings is 1. The van der Waals surface area contributed by atoms with Crippen LogP contribution in [0.15, 0.2) is 35.2 Å². The number of hydrazine groups is 1. The van der Waals surface area contributed by atoms with Gasteiger partial charge < -0.3 is 4.98 Å². The summed E-state index contributed by atoms with van der Waals surface area (Å²) in [4.78, 5) is 17.3. The molecule has 3 N–H and O–H groups in total. The Morgan fingerprint density at radius 3 is 2.36 bits per heavy atom. The standard InChI is InChI=1S/C15H19N3O3S/c1-4-13-10(2)14(16-11(13)3)15(19)17-18-22(20,21)12-8-6-5-7-9-12/h5-9,16,18H,4H2,1-3H3,(H,17,19). The van der Waals surface area contributed by atoms with Crippen LogP contribution in [-0.2, 0) is 16.4 Å². The molecule has 118 valence electrons. The Bertz CT molecular complexity index is 780. The molecule has 1 amide bonds. The van der Waals surface area contributed by atoms with Crippen molar-refractivity contribution >= 4 is 15.9 Å². The quantitative estimate of drug-likeness (QED) is 0.734. The minimum Gasteiger partial charge on any atom is -0.354 e. The predicted octanol–water partition coefficient (Wildman–Crippen LogP) is 1.82. The number of aryl methyl sites for hydroxylation is 1. The molecule has 0 aliphatic heterocycles. The lowest BCUT2D eigenvalue weighted by atomic mass is 10.1. The lowest BCUT2D eigenvalue weighted by Crippen LogP contribution is -2.41. The second kappa shape index (κ2) is 6.33. The van der Waals surface area contributed by atoms with Crippen molar-refractivity contribution in [2.75, 3.05) is 0 Å². The van der Waals surface area contributed by atoms with Gasteiger partial charge in [-0.1, -0.05) is 25.1 Å². The molecule has 0 aliphatic carbocycles. The van der Waals surface area contributed by atoms with E-state index in [1.165, 1.54) is 12.1 Å². The molecule has 0 fully saturated rings. The first-order valence-corrected chi connectivity index (χ1v) is 8.40. The van der Waals surface area contributed by atoms with Crippen LogP contribution in [0.4, 0.5) is 0 Å². The van der Waals surface area contributed by atoms with Crippen LogP contribution in [0.5, 0.6) is 0 Å². The monoisotopic (exact) mass is 321 g/mol. The van der Waals surface area contributed by atoms with Crippen molar-refractivity contribution in [1.82, 2.24) is 15.2 Å². The molecule has 6 nitrogen and oxygen atoms in total. The molecule has 0 saturated carbocycles. The molecule has 2 rings (SSSR count). The van der Waals surface area contributed by atoms with Gasteiger partial charge >= 0.3 is 0 Å². The average Bonchev–Trinajstić information content (AvgIpc) is 2.80. The number of H-pyrrole nitrogens is 1. The number of nitrogens with one attached hydrogen (secondary N) is 3. The molecule has 22 heavy (non-hydrogen) atoms. The van der Waals surface area contributed by atoms with E-state index < -0.39 is 15.9 Å². The first-order chi connectivity index (χ1) is 10.4. The van der Waals surface area contributed by atoms with Gasteiger partial charge in [0, 0.05) is 5.69 Å². The van der Waals surface area contributed by atoms with Gasteiger partial charge in [-0.05, 0) is 43.5 Å². The second-order valence-corrected chi connectivity index (χ2v) is 6.64. The highest BCUT2D eigenvalue weighted by molar-refractivity contribution is 7.89. The summed E-state index contributed by atoms with van der Waals surface area (Å²) in [6.07, 6.45) is 0.803. The molecule has 0 saturated heterocycles. The number of hydrogen-bond donors (Lipinski definition) is 3. The smallest absolute Gasteiger partial charge is 0.282 e. The largest absolute Gasteiger partial charge is 0.354 e. The highest BCUT2D eigenvalue weighted by Crippen LogP contribution is 2.18. The number of aromatic amines is 1. The average molecular weight is 321 g/mol. The van der Waals surface area contributed by atoms with E-state index in [1.54, 1.807) is 18.2 Å². The topological polar surface area (TPSA) is 91.1 Å². The van der Waals surface area contributed by atoms with E-state index in [2.05, 4.69) is 15.2 Å². The van der Waals surface area contributed by atoms with E-state index in [-0.39, 0.29) is 4.90 Å². The maximum Gasteiger partial charge on any atom is 0.282 e. The van der Waals surface area contributed by atoms with Gasteiger partial charge in [-0.2, -0.15) is 0 Å². The Morgan fingerprint density at radius 1 is 1.18 bits per heavy atom. The number of sulfonamides is 1. The van der Waals surface area contributed by atoms with Gasteiger partial charge in [-0.25, -0.2) is 8.42 Å². The zero-order valence-corrected chi connectivity index (χ0v) is 13.5. The van der Waals surface area contributed by atoms with Crippen molar-refractivity contribution < 1.29 is 13.2 Å². The zero-order valence-electron chi connectivity index (χ0n) is 12.7. The highest BCUT2D eigenvalue weighted by Gasteiger charge is 2.19. The summed E-state index contributed by atoms with van der Waals surface area (Å²) in [5.74, 6) is -0.514. The van der Waals surface area contributed by atoms with E-state index >= 15 is 0 Å². The molecule has 2 aromatic rings. The van der Waals surface area contributed by atoms with Gasteiger partial charge in [-0.3, -0.25) is 10.2 Å². The summed E-state index contributed by atoms with van der Waals surface area (Å²) in [6, 6.07) is 7.85. The fourth-order valence-corrected chi connectivity index (χ4v) is 3.24. The van der Waals surface area contributed by atoms with Crippen molar-refractivity contribution in [3.63, 3.8) is 0 Å². The third-order valence-corrected chi connectivity index (χ3v) is 4.79. The van der Waals surface area contributed by atoms with Crippen LogP contribution in [0.1, 0.15) is 34.2 Å². The van der Waals surface area contributed by atoms with Crippen molar-refractivity contribution in [1.29, 1.82) is 0 Å². The molecule has 0 unspecified atom stereocenters. The lowest BCUT2D eigenvalue weighted by molar-refractivity contribution is 0.0940. The Hall–Kier alpha value is -2.12. The fourth-order valence-electron chi connectivity index (χ4n) is 2.38. The Kier molecular flexibility index (Phi) is 4.68. The Labute approximate surface area is 130 Å². The molecule has 0 radical (unpaired) electrons. The molecule has 1 aromatic carbocycles. The molecule has 1 heterocycles. The summed E-state index contributed by atoms with van der Waals surface area (Å²) in [6.45, 7) is 5.72. The maximum atomic E-state index is 12.2. The van der Waals surface area contributed by atoms with Gasteiger partial charge in [0.05, 0.1) is 4.90 Å². The van der Waals surface area contributed by atoms with Crippen LogP contribution in [0.3, 0.4) is 0 Å². The molecule has 1 aromatic heterocycles. The number of carbonyl (C=O) groups excluding carboxylic acids is 1. The van der Waals surface area contributed by atoms with Crippen LogP contribution in [0, 0.1) is 13.8 Å². The number of aromatic nitrogens is 1. The van der Waals surface area contributed by atoms with E-state index in [4.69, 9.17) is 0 Å². The number of rotatable bonds is 5. The number of hydrogen-bond acceptors (Lipinski definition) is 3. The van der Waals surface area contributed by atoms with Gasteiger partial charge in [0.2, 0.25) is 0 Å². The summed E-state index contributed by atoms with van der Waals surface area (Å²) in [5, 5.41) is 0. The fraction of sp³-hybridized carbons (Fsp3) is 0.267. The second-order valence-electron chi connectivity index (χ2n) is 4.95. The first kappa shape index (κ1) is 16.3. The number of carbonyl (C=O) groups is 1. The third-order valence-electron chi connectivity index (χ3n) is 3.53. The van der Waals surface area contributed by atoms with Gasteiger partial charge in [-0.15, -0.1) is 4.83 Å². The lowest BCUT2D eigenvalue weighted by Gasteiger charge is -2.08. The molecule has 0 spiro atoms. The van der Waals surface area contributed by atoms with E-state index in [9.17, 15) is 13.2 Å². The molecule has 0 atom stereocenters. The molecular weight excluding hydrogens is 302 g/mol. The minimum atomic E-state index is -3.78. The van der Waals surface area contributed by atoms with Crippen LogP contribution >= 0.6 is 0 Å². The minimum absolute atomic E-state index is 0.0870. The molecule has 7 heteroatoms. The Morgan fingerprint density at radius 2 is 1.82 bits per heavy atom. The first-order valence-electron chi connectivity index (χ1n) is 6.92. The molecular formula is C15H19N3O3S. The van der Waals surface area contributed by atoms with E-state index in [0.717, 1.165) is 23.2 Å². The predicted molar refractivity (Wildman–Crippen MR) is 83.9 cm³/mol. The van der Waals surface area contributed by atoms with Crippen molar-refractivity contribution in [3.8, 4) is 0 Å². The summed E-state index contributed by atoms with van der Waals surface area (Å²) in [7, 11) is -3.78. The normalized spacial score (nSPS) is 11.4. The third kappa shape index (κ3) is 3.20. The zero-order chi connectivity index (χ0) is 16.3. The van der Waals surface area contributed by atoms with E-state index in [1.807, 2.05) is 20.8 Å². The van der Waals surface area contributed by atoms with Crippen molar-refractivity contribution in [2.45, 2.75) is 32.1 Å². The van der Waals surface area contributed by atoms with Crippen molar-refractivity contribution in [3.05, 3.63) is 52.8 Å². The van der Waals surface area contributed by atoms with Gasteiger partial charge in [0.1, 0.15) is 5.69 Å². The van der Waals surface area contributed by atoms with Crippen LogP contribution in [-0.4, -0.2) is 19.3 Å². The Balaban J connectivity index is 2.14. The number of amides is 1. The maximum absolute atomic E-state index is 12.2. The van der Waals surface area contributed by atoms with Crippen LogP contribution < -0.4 is 10.3 Å². The summed E-state index contributed by atoms with van der Waals surface area (Å²) in [5.41, 5.74) is 5.41.